The van der Waals surface area contributed by atoms with E-state index in [-0.39, 0.29) is 11.5 Å². The third-order valence-corrected chi connectivity index (χ3v) is 6.66. The fourth-order valence-corrected chi connectivity index (χ4v) is 4.09. The minimum atomic E-state index is -0.159. The van der Waals surface area contributed by atoms with Gasteiger partial charge in [-0.1, -0.05) is 18.6 Å². The molecule has 1 aliphatic rings. The lowest BCUT2D eigenvalue weighted by Crippen LogP contribution is -2.37. The molecule has 1 aromatic rings. The normalized spacial score (nSPS) is 20.5. The van der Waals surface area contributed by atoms with Gasteiger partial charge >= 0.3 is 0 Å². The summed E-state index contributed by atoms with van der Waals surface area (Å²) >= 11 is 0. The first-order valence-corrected chi connectivity index (χ1v) is 10.7. The van der Waals surface area contributed by atoms with Gasteiger partial charge in [0, 0.05) is 11.5 Å². The highest BCUT2D eigenvalue weighted by atomic mass is 16.5. The minimum absolute atomic E-state index is 0.159. The van der Waals surface area contributed by atoms with Crippen molar-refractivity contribution in [2.75, 3.05) is 0 Å². The summed E-state index contributed by atoms with van der Waals surface area (Å²) in [5, 5.41) is 10.3. The number of allylic oxidation sites excluding steroid dienone is 2. The van der Waals surface area contributed by atoms with Crippen molar-refractivity contribution in [2.45, 2.75) is 99.0 Å². The molecule has 28 heavy (non-hydrogen) atoms. The van der Waals surface area contributed by atoms with Gasteiger partial charge in [-0.3, -0.25) is 4.79 Å². The monoisotopic (exact) mass is 386 g/mol. The molecule has 0 radical (unpaired) electrons. The molecule has 0 fully saturated rings. The second kappa shape index (κ2) is 9.15. The number of hydrogen-bond acceptors (Lipinski definition) is 3. The van der Waals surface area contributed by atoms with Crippen LogP contribution < -0.4 is 4.74 Å². The molecule has 1 heterocycles. The molecule has 0 aliphatic carbocycles. The zero-order valence-corrected chi connectivity index (χ0v) is 18.9. The van der Waals surface area contributed by atoms with E-state index in [2.05, 4.69) is 19.9 Å². The molecular formula is C25H38O3. The van der Waals surface area contributed by atoms with Crippen LogP contribution in [0.25, 0.3) is 0 Å². The molecule has 3 heteroatoms. The summed E-state index contributed by atoms with van der Waals surface area (Å²) in [6.07, 6.45) is 9.39. The molecule has 2 atom stereocenters. The highest BCUT2D eigenvalue weighted by molar-refractivity contribution is 5.77. The second-order valence-corrected chi connectivity index (χ2v) is 9.08. The van der Waals surface area contributed by atoms with Gasteiger partial charge in [0.1, 0.15) is 22.9 Å². The van der Waals surface area contributed by atoms with E-state index in [4.69, 9.17) is 4.74 Å². The van der Waals surface area contributed by atoms with Gasteiger partial charge in [-0.2, -0.15) is 0 Å². The van der Waals surface area contributed by atoms with Crippen molar-refractivity contribution in [3.05, 3.63) is 33.9 Å². The molecule has 0 spiro atoms. The van der Waals surface area contributed by atoms with Crippen molar-refractivity contribution in [3.8, 4) is 11.5 Å². The standard InChI is InChI=1S/C25H38O3/c1-16(10-8-12-17(2)21(6)26)11-9-14-25(7)15-13-22-20(5)23(27)18(3)19(4)24(22)28-25/h11,17,27H,8-10,12-15H2,1-7H3/b16-11+/t17?,25-/m1/s1. The van der Waals surface area contributed by atoms with E-state index < -0.39 is 0 Å². The molecule has 0 bridgehead atoms. The lowest BCUT2D eigenvalue weighted by atomic mass is 9.85. The zero-order valence-electron chi connectivity index (χ0n) is 18.9. The lowest BCUT2D eigenvalue weighted by Gasteiger charge is -2.38. The predicted molar refractivity (Wildman–Crippen MR) is 116 cm³/mol. The van der Waals surface area contributed by atoms with Crippen LogP contribution in [0.2, 0.25) is 0 Å². The summed E-state index contributed by atoms with van der Waals surface area (Å²) in [6.45, 7) is 14.1. The second-order valence-electron chi connectivity index (χ2n) is 9.08. The largest absolute Gasteiger partial charge is 0.507 e. The van der Waals surface area contributed by atoms with Crippen LogP contribution in [0.3, 0.4) is 0 Å². The SMILES string of the molecule is CC(=O)C(C)CCC/C(C)=C/CC[C@]1(C)CCc2c(C)c(O)c(C)c(C)c2O1. The highest BCUT2D eigenvalue weighted by Crippen LogP contribution is 2.44. The van der Waals surface area contributed by atoms with Crippen LogP contribution >= 0.6 is 0 Å². The summed E-state index contributed by atoms with van der Waals surface area (Å²) in [7, 11) is 0. The first kappa shape index (κ1) is 22.5. The highest BCUT2D eigenvalue weighted by Gasteiger charge is 2.33. The molecule has 156 valence electrons. The first-order chi connectivity index (χ1) is 13.1. The van der Waals surface area contributed by atoms with E-state index in [1.54, 1.807) is 6.92 Å². The minimum Gasteiger partial charge on any atom is -0.507 e. The molecule has 0 saturated carbocycles. The Morgan fingerprint density at radius 3 is 2.54 bits per heavy atom. The number of ether oxygens (including phenoxy) is 1. The number of benzene rings is 1. The molecule has 3 nitrogen and oxygen atoms in total. The van der Waals surface area contributed by atoms with Crippen LogP contribution in [0.4, 0.5) is 0 Å². The van der Waals surface area contributed by atoms with Crippen molar-refractivity contribution < 1.29 is 14.6 Å². The van der Waals surface area contributed by atoms with Gasteiger partial charge in [0.05, 0.1) is 0 Å². The fraction of sp³-hybridized carbons (Fsp3) is 0.640. The van der Waals surface area contributed by atoms with E-state index in [0.29, 0.717) is 11.5 Å². The van der Waals surface area contributed by atoms with Crippen molar-refractivity contribution in [3.63, 3.8) is 0 Å². The Labute approximate surface area is 171 Å². The maximum atomic E-state index is 11.3. The van der Waals surface area contributed by atoms with Crippen LogP contribution in [0, 0.1) is 26.7 Å². The topological polar surface area (TPSA) is 46.5 Å². The third kappa shape index (κ3) is 5.18. The van der Waals surface area contributed by atoms with E-state index in [1.165, 1.54) is 11.1 Å². The summed E-state index contributed by atoms with van der Waals surface area (Å²) in [5.41, 5.74) is 5.38. The first-order valence-electron chi connectivity index (χ1n) is 10.7. The molecule has 0 amide bonds. The Balaban J connectivity index is 1.94. The van der Waals surface area contributed by atoms with Crippen molar-refractivity contribution in [2.24, 2.45) is 5.92 Å². The van der Waals surface area contributed by atoms with Crippen LogP contribution in [0.1, 0.15) is 88.5 Å². The fourth-order valence-electron chi connectivity index (χ4n) is 4.09. The molecule has 0 saturated heterocycles. The van der Waals surface area contributed by atoms with E-state index in [0.717, 1.165) is 67.4 Å². The van der Waals surface area contributed by atoms with Crippen LogP contribution in [0.15, 0.2) is 11.6 Å². The Kier molecular flexibility index (Phi) is 7.36. The number of carbonyl (C=O) groups is 1. The van der Waals surface area contributed by atoms with Gasteiger partial charge in [-0.05, 0) is 103 Å². The lowest BCUT2D eigenvalue weighted by molar-refractivity contribution is -0.120. The smallest absolute Gasteiger partial charge is 0.132 e. The Bertz CT molecular complexity index is 760. The summed E-state index contributed by atoms with van der Waals surface area (Å²) in [4.78, 5) is 11.3. The third-order valence-electron chi connectivity index (χ3n) is 6.66. The van der Waals surface area contributed by atoms with E-state index in [9.17, 15) is 9.90 Å². The number of fused-ring (bicyclic) bond motifs is 1. The van der Waals surface area contributed by atoms with Gasteiger partial charge < -0.3 is 9.84 Å². The van der Waals surface area contributed by atoms with Gasteiger partial charge in [-0.25, -0.2) is 0 Å². The summed E-state index contributed by atoms with van der Waals surface area (Å²) in [6, 6.07) is 0. The Morgan fingerprint density at radius 1 is 1.21 bits per heavy atom. The molecule has 0 aromatic heterocycles. The predicted octanol–water partition coefficient (Wildman–Crippen LogP) is 6.52. The number of ketones is 1. The Morgan fingerprint density at radius 2 is 1.89 bits per heavy atom. The molecule has 2 rings (SSSR count). The number of hydrogen-bond donors (Lipinski definition) is 1. The van der Waals surface area contributed by atoms with Crippen molar-refractivity contribution in [1.29, 1.82) is 0 Å². The van der Waals surface area contributed by atoms with E-state index in [1.807, 2.05) is 27.7 Å². The zero-order chi connectivity index (χ0) is 21.1. The van der Waals surface area contributed by atoms with Gasteiger partial charge in [0.15, 0.2) is 0 Å². The average molecular weight is 387 g/mol. The molecule has 1 unspecified atom stereocenters. The Hall–Kier alpha value is -1.77. The quantitative estimate of drug-likeness (QED) is 0.517. The van der Waals surface area contributed by atoms with Crippen molar-refractivity contribution >= 4 is 5.78 Å². The van der Waals surface area contributed by atoms with E-state index >= 15 is 0 Å². The number of carbonyl (C=O) groups excluding carboxylic acids is 1. The number of Topliss-reactive ketones (excluding diaryl/α,β-unsaturated/α-hetero) is 1. The maximum absolute atomic E-state index is 11.3. The number of phenols is 1. The summed E-state index contributed by atoms with van der Waals surface area (Å²) < 4.78 is 6.51. The molecule has 1 aliphatic heterocycles. The summed E-state index contributed by atoms with van der Waals surface area (Å²) in [5.74, 6) is 1.87. The number of rotatable bonds is 8. The maximum Gasteiger partial charge on any atom is 0.132 e. The average Bonchev–Trinajstić information content (AvgIpc) is 2.64. The molecule has 1 aromatic carbocycles. The van der Waals surface area contributed by atoms with Gasteiger partial charge in [0.2, 0.25) is 0 Å². The van der Waals surface area contributed by atoms with Crippen molar-refractivity contribution in [1.82, 2.24) is 0 Å². The van der Waals surface area contributed by atoms with Crippen LogP contribution in [0.5, 0.6) is 11.5 Å². The van der Waals surface area contributed by atoms with Crippen LogP contribution in [-0.4, -0.2) is 16.5 Å². The number of phenolic OH excluding ortho intramolecular Hbond substituents is 1. The van der Waals surface area contributed by atoms with Gasteiger partial charge in [0.25, 0.3) is 0 Å². The van der Waals surface area contributed by atoms with Crippen LogP contribution in [-0.2, 0) is 11.2 Å². The number of aromatic hydroxyl groups is 1. The van der Waals surface area contributed by atoms with Gasteiger partial charge in [-0.15, -0.1) is 0 Å². The molecular weight excluding hydrogens is 348 g/mol. The molecule has 1 N–H and O–H groups in total.